The smallest absolute Gasteiger partial charge is 0.232 e. The van der Waals surface area contributed by atoms with E-state index in [1.54, 1.807) is 0 Å². The average Bonchev–Trinajstić information content (AvgIpc) is 2.93. The fourth-order valence-corrected chi connectivity index (χ4v) is 2.59. The Balaban J connectivity index is 1.80. The fourth-order valence-electron chi connectivity index (χ4n) is 2.59. The number of hydrogen-bond donors (Lipinski definition) is 3. The normalized spacial score (nSPS) is 20.0. The summed E-state index contributed by atoms with van der Waals surface area (Å²) in [6.45, 7) is 3.47. The number of aliphatic hydroxyl groups is 1. The van der Waals surface area contributed by atoms with Gasteiger partial charge in [0.05, 0.1) is 12.1 Å². The van der Waals surface area contributed by atoms with Crippen LogP contribution in [0.5, 0.6) is 0 Å². The maximum atomic E-state index is 9.67. The molecule has 7 heteroatoms. The minimum absolute atomic E-state index is 0.0150. The van der Waals surface area contributed by atoms with E-state index in [1.165, 1.54) is 0 Å². The molecule has 22 heavy (non-hydrogen) atoms. The lowest BCUT2D eigenvalue weighted by molar-refractivity contribution is 0.161. The standard InChI is InChI=1S/C15H20N6O/c1-10(21-8-7-12(22)9-21)13-18-14(16)20-15(19-13)17-11-5-3-2-4-6-11/h2-6,10,12,22H,7-9H2,1H3,(H3,16,17,18,19,20)/t10?,12-/m0/s1. The molecule has 2 aromatic rings. The van der Waals surface area contributed by atoms with Crippen LogP contribution in [-0.4, -0.2) is 44.2 Å². The Morgan fingerprint density at radius 3 is 2.73 bits per heavy atom. The second kappa shape index (κ2) is 6.25. The monoisotopic (exact) mass is 300 g/mol. The zero-order valence-electron chi connectivity index (χ0n) is 12.5. The molecule has 1 aliphatic rings. The summed E-state index contributed by atoms with van der Waals surface area (Å²) in [5.41, 5.74) is 6.70. The molecule has 0 bridgehead atoms. The Labute approximate surface area is 129 Å². The molecule has 1 aromatic heterocycles. The first kappa shape index (κ1) is 14.7. The van der Waals surface area contributed by atoms with Crippen molar-refractivity contribution in [1.82, 2.24) is 19.9 Å². The summed E-state index contributed by atoms with van der Waals surface area (Å²) in [7, 11) is 0. The number of nitrogens with two attached hydrogens (primary N) is 1. The van der Waals surface area contributed by atoms with Crippen LogP contribution in [0.3, 0.4) is 0 Å². The van der Waals surface area contributed by atoms with E-state index in [4.69, 9.17) is 5.73 Å². The number of benzene rings is 1. The number of likely N-dealkylation sites (tertiary alicyclic amines) is 1. The lowest BCUT2D eigenvalue weighted by Gasteiger charge is -2.22. The summed E-state index contributed by atoms with van der Waals surface area (Å²) in [6, 6.07) is 9.65. The summed E-state index contributed by atoms with van der Waals surface area (Å²) in [5.74, 6) is 1.23. The summed E-state index contributed by atoms with van der Waals surface area (Å²) < 4.78 is 0. The second-order valence-corrected chi connectivity index (χ2v) is 5.48. The van der Waals surface area contributed by atoms with Crippen LogP contribution in [0.4, 0.5) is 17.6 Å². The van der Waals surface area contributed by atoms with Crippen LogP contribution in [0.15, 0.2) is 30.3 Å². The van der Waals surface area contributed by atoms with E-state index >= 15 is 0 Å². The Bertz CT molecular complexity index is 635. The number of nitrogens with one attached hydrogen (secondary N) is 1. The minimum Gasteiger partial charge on any atom is -0.392 e. The first-order valence-electron chi connectivity index (χ1n) is 7.37. The molecule has 0 spiro atoms. The van der Waals surface area contributed by atoms with Gasteiger partial charge in [-0.25, -0.2) is 0 Å². The van der Waals surface area contributed by atoms with Crippen LogP contribution in [0.2, 0.25) is 0 Å². The number of aliphatic hydroxyl groups excluding tert-OH is 1. The van der Waals surface area contributed by atoms with Crippen molar-refractivity contribution in [3.8, 4) is 0 Å². The van der Waals surface area contributed by atoms with E-state index in [0.29, 0.717) is 18.3 Å². The van der Waals surface area contributed by atoms with E-state index in [0.717, 1.165) is 18.7 Å². The zero-order chi connectivity index (χ0) is 15.5. The maximum Gasteiger partial charge on any atom is 0.232 e. The van der Waals surface area contributed by atoms with Gasteiger partial charge in [-0.2, -0.15) is 15.0 Å². The highest BCUT2D eigenvalue weighted by Gasteiger charge is 2.27. The van der Waals surface area contributed by atoms with Gasteiger partial charge in [-0.1, -0.05) is 18.2 Å². The van der Waals surface area contributed by atoms with Gasteiger partial charge >= 0.3 is 0 Å². The molecule has 2 heterocycles. The second-order valence-electron chi connectivity index (χ2n) is 5.48. The summed E-state index contributed by atoms with van der Waals surface area (Å²) in [5, 5.41) is 12.8. The first-order valence-corrected chi connectivity index (χ1v) is 7.37. The molecule has 4 N–H and O–H groups in total. The number of aromatic nitrogens is 3. The molecule has 2 atom stereocenters. The number of rotatable bonds is 4. The molecule has 1 aliphatic heterocycles. The molecule has 0 radical (unpaired) electrons. The van der Waals surface area contributed by atoms with E-state index in [1.807, 2.05) is 37.3 Å². The highest BCUT2D eigenvalue weighted by molar-refractivity contribution is 5.53. The van der Waals surface area contributed by atoms with Crippen LogP contribution in [0.1, 0.15) is 25.2 Å². The highest BCUT2D eigenvalue weighted by atomic mass is 16.3. The van der Waals surface area contributed by atoms with Gasteiger partial charge in [-0.05, 0) is 25.5 Å². The Morgan fingerprint density at radius 2 is 2.05 bits per heavy atom. The van der Waals surface area contributed by atoms with Gasteiger partial charge in [0.15, 0.2) is 5.82 Å². The van der Waals surface area contributed by atoms with E-state index < -0.39 is 0 Å². The predicted molar refractivity (Wildman–Crippen MR) is 84.6 cm³/mol. The molecule has 1 fully saturated rings. The predicted octanol–water partition coefficient (Wildman–Crippen LogP) is 1.33. The van der Waals surface area contributed by atoms with E-state index in [-0.39, 0.29) is 18.1 Å². The van der Waals surface area contributed by atoms with Crippen molar-refractivity contribution < 1.29 is 5.11 Å². The molecular formula is C15H20N6O. The van der Waals surface area contributed by atoms with Crippen LogP contribution < -0.4 is 11.1 Å². The summed E-state index contributed by atoms with van der Waals surface area (Å²) in [4.78, 5) is 15.0. The largest absolute Gasteiger partial charge is 0.392 e. The molecule has 1 saturated heterocycles. The number of nitrogens with zero attached hydrogens (tertiary/aromatic N) is 4. The average molecular weight is 300 g/mol. The number of hydrogen-bond acceptors (Lipinski definition) is 7. The lowest BCUT2D eigenvalue weighted by Crippen LogP contribution is -2.27. The third kappa shape index (κ3) is 3.32. The van der Waals surface area contributed by atoms with Gasteiger partial charge in [0, 0.05) is 18.8 Å². The van der Waals surface area contributed by atoms with Gasteiger partial charge < -0.3 is 16.2 Å². The van der Waals surface area contributed by atoms with E-state index in [9.17, 15) is 5.11 Å². The third-order valence-electron chi connectivity index (χ3n) is 3.82. The van der Waals surface area contributed by atoms with Crippen LogP contribution >= 0.6 is 0 Å². The van der Waals surface area contributed by atoms with E-state index in [2.05, 4.69) is 25.2 Å². The molecule has 0 saturated carbocycles. The summed E-state index contributed by atoms with van der Waals surface area (Å²) >= 11 is 0. The van der Waals surface area contributed by atoms with Crippen molar-refractivity contribution in [3.05, 3.63) is 36.2 Å². The topological polar surface area (TPSA) is 100 Å². The van der Waals surface area contributed by atoms with Gasteiger partial charge in [0.1, 0.15) is 0 Å². The number of para-hydroxylation sites is 1. The minimum atomic E-state index is -0.274. The zero-order valence-corrected chi connectivity index (χ0v) is 12.5. The molecule has 1 unspecified atom stereocenters. The van der Waals surface area contributed by atoms with Crippen molar-refractivity contribution >= 4 is 17.6 Å². The number of anilines is 3. The highest BCUT2D eigenvalue weighted by Crippen LogP contribution is 2.23. The van der Waals surface area contributed by atoms with Crippen molar-refractivity contribution in [3.63, 3.8) is 0 Å². The Kier molecular flexibility index (Phi) is 4.17. The molecular weight excluding hydrogens is 280 g/mol. The van der Waals surface area contributed by atoms with Crippen molar-refractivity contribution in [1.29, 1.82) is 0 Å². The maximum absolute atomic E-state index is 9.67. The van der Waals surface area contributed by atoms with Crippen LogP contribution in [0, 0.1) is 0 Å². The fraction of sp³-hybridized carbons (Fsp3) is 0.400. The third-order valence-corrected chi connectivity index (χ3v) is 3.82. The summed E-state index contributed by atoms with van der Waals surface area (Å²) in [6.07, 6.45) is 0.503. The molecule has 3 rings (SSSR count). The van der Waals surface area contributed by atoms with Crippen molar-refractivity contribution in [2.24, 2.45) is 0 Å². The molecule has 1 aromatic carbocycles. The van der Waals surface area contributed by atoms with Crippen molar-refractivity contribution in [2.45, 2.75) is 25.5 Å². The van der Waals surface area contributed by atoms with Crippen LogP contribution in [0.25, 0.3) is 0 Å². The Hall–Kier alpha value is -2.25. The van der Waals surface area contributed by atoms with Gasteiger partial charge in [-0.15, -0.1) is 0 Å². The molecule has 116 valence electrons. The SMILES string of the molecule is CC(c1nc(N)nc(Nc2ccccc2)n1)N1CC[C@H](O)C1. The van der Waals surface area contributed by atoms with Gasteiger partial charge in [0.2, 0.25) is 11.9 Å². The molecule has 0 aliphatic carbocycles. The molecule has 0 amide bonds. The quantitative estimate of drug-likeness (QED) is 0.783. The van der Waals surface area contributed by atoms with Gasteiger partial charge in [0.25, 0.3) is 0 Å². The number of β-amino-alcohol motifs (C(OH)–C–C–N with tert-alkyl or cyclic N) is 1. The first-order chi connectivity index (χ1) is 10.6. The lowest BCUT2D eigenvalue weighted by atomic mass is 10.3. The van der Waals surface area contributed by atoms with Crippen molar-refractivity contribution in [2.75, 3.05) is 24.1 Å². The number of nitrogen functional groups attached to an aromatic ring is 1. The van der Waals surface area contributed by atoms with Crippen LogP contribution in [-0.2, 0) is 0 Å². The molecule has 7 nitrogen and oxygen atoms in total. The Morgan fingerprint density at radius 1 is 1.27 bits per heavy atom. The van der Waals surface area contributed by atoms with Gasteiger partial charge in [-0.3, -0.25) is 4.90 Å².